The zero-order valence-electron chi connectivity index (χ0n) is 8.53. The lowest BCUT2D eigenvalue weighted by Gasteiger charge is -2.02. The second-order valence-electron chi connectivity index (χ2n) is 3.66. The summed E-state index contributed by atoms with van der Waals surface area (Å²) in [5.74, 6) is -0.0641. The summed E-state index contributed by atoms with van der Waals surface area (Å²) in [6.45, 7) is 2.23. The van der Waals surface area contributed by atoms with Crippen LogP contribution in [0.15, 0.2) is 30.5 Å². The average Bonchev–Trinajstić information content (AvgIpc) is 2.57. The Morgan fingerprint density at radius 3 is 2.93 bits per heavy atom. The van der Waals surface area contributed by atoms with Crippen molar-refractivity contribution < 1.29 is 9.18 Å². The van der Waals surface area contributed by atoms with Crippen LogP contribution in [0.3, 0.4) is 0 Å². The molecule has 1 heterocycles. The lowest BCUT2D eigenvalue weighted by molar-refractivity contribution is -0.117. The molecule has 0 fully saturated rings. The Balaban J connectivity index is 2.32. The molecule has 0 amide bonds. The van der Waals surface area contributed by atoms with Crippen molar-refractivity contribution in [3.05, 3.63) is 36.3 Å². The number of rotatable bonds is 3. The van der Waals surface area contributed by atoms with E-state index < -0.39 is 0 Å². The summed E-state index contributed by atoms with van der Waals surface area (Å²) >= 11 is 0. The molecule has 0 saturated carbocycles. The minimum absolute atomic E-state index is 0.166. The third-order valence-corrected chi connectivity index (χ3v) is 2.44. The lowest BCUT2D eigenvalue weighted by Crippen LogP contribution is -2.00. The zero-order valence-corrected chi connectivity index (χ0v) is 8.53. The predicted octanol–water partition coefficient (Wildman–Crippen LogP) is 2.76. The molecule has 3 heteroatoms. The minimum Gasteiger partial charge on any atom is -0.347 e. The normalized spacial score (nSPS) is 10.8. The molecule has 0 N–H and O–H groups in total. The van der Waals surface area contributed by atoms with Gasteiger partial charge in [-0.1, -0.05) is 0 Å². The van der Waals surface area contributed by atoms with E-state index in [1.807, 2.05) is 16.8 Å². The topological polar surface area (TPSA) is 22.0 Å². The third-order valence-electron chi connectivity index (χ3n) is 2.44. The number of aryl methyl sites for hydroxylation is 1. The van der Waals surface area contributed by atoms with E-state index in [4.69, 9.17) is 0 Å². The van der Waals surface area contributed by atoms with Gasteiger partial charge in [0.05, 0.1) is 0 Å². The van der Waals surface area contributed by atoms with Crippen LogP contribution in [-0.2, 0) is 11.3 Å². The summed E-state index contributed by atoms with van der Waals surface area (Å²) in [6, 6.07) is 6.54. The summed E-state index contributed by atoms with van der Waals surface area (Å²) in [7, 11) is 0. The molecule has 2 nitrogen and oxygen atoms in total. The van der Waals surface area contributed by atoms with Gasteiger partial charge in [-0.05, 0) is 31.2 Å². The highest BCUT2D eigenvalue weighted by Crippen LogP contribution is 2.17. The standard InChI is InChI=1S/C12H12FNO/c1-9(15)4-6-14-7-5-10-8-11(13)2-3-12(10)14/h2-3,5,7-8H,4,6H2,1H3. The van der Waals surface area contributed by atoms with Crippen LogP contribution in [0, 0.1) is 5.82 Å². The quantitative estimate of drug-likeness (QED) is 0.755. The van der Waals surface area contributed by atoms with Crippen molar-refractivity contribution in [2.75, 3.05) is 0 Å². The van der Waals surface area contributed by atoms with Crippen molar-refractivity contribution in [2.45, 2.75) is 19.9 Å². The molecule has 0 unspecified atom stereocenters. The Kier molecular flexibility index (Phi) is 2.54. The van der Waals surface area contributed by atoms with Gasteiger partial charge < -0.3 is 4.57 Å². The first-order chi connectivity index (χ1) is 7.16. The Morgan fingerprint density at radius 1 is 1.40 bits per heavy atom. The van der Waals surface area contributed by atoms with E-state index in [-0.39, 0.29) is 11.6 Å². The number of hydrogen-bond donors (Lipinski definition) is 0. The van der Waals surface area contributed by atoms with Crippen molar-refractivity contribution in [1.29, 1.82) is 0 Å². The monoisotopic (exact) mass is 205 g/mol. The minimum atomic E-state index is -0.230. The van der Waals surface area contributed by atoms with Crippen molar-refractivity contribution in [1.82, 2.24) is 4.57 Å². The molecular weight excluding hydrogens is 193 g/mol. The predicted molar refractivity (Wildman–Crippen MR) is 57.2 cm³/mol. The molecule has 15 heavy (non-hydrogen) atoms. The summed E-state index contributed by atoms with van der Waals surface area (Å²) < 4.78 is 14.9. The Hall–Kier alpha value is -1.64. The maximum atomic E-state index is 12.9. The lowest BCUT2D eigenvalue weighted by atomic mass is 10.2. The van der Waals surface area contributed by atoms with Gasteiger partial charge in [0.2, 0.25) is 0 Å². The van der Waals surface area contributed by atoms with Crippen LogP contribution >= 0.6 is 0 Å². The second-order valence-corrected chi connectivity index (χ2v) is 3.66. The number of aromatic nitrogens is 1. The van der Waals surface area contributed by atoms with Gasteiger partial charge in [-0.25, -0.2) is 4.39 Å². The largest absolute Gasteiger partial charge is 0.347 e. The Morgan fingerprint density at radius 2 is 2.20 bits per heavy atom. The molecule has 2 aromatic rings. The first kappa shape index (κ1) is 9.90. The highest BCUT2D eigenvalue weighted by molar-refractivity contribution is 5.80. The van der Waals surface area contributed by atoms with Crippen LogP contribution in [-0.4, -0.2) is 10.4 Å². The fraction of sp³-hybridized carbons (Fsp3) is 0.250. The highest BCUT2D eigenvalue weighted by atomic mass is 19.1. The molecule has 0 radical (unpaired) electrons. The molecule has 0 atom stereocenters. The molecule has 0 aliphatic carbocycles. The van der Waals surface area contributed by atoms with E-state index in [9.17, 15) is 9.18 Å². The van der Waals surface area contributed by atoms with Crippen LogP contribution in [0.25, 0.3) is 10.9 Å². The number of nitrogens with zero attached hydrogens (tertiary/aromatic N) is 1. The van der Waals surface area contributed by atoms with E-state index >= 15 is 0 Å². The Bertz CT molecular complexity index is 501. The Labute approximate surface area is 87.3 Å². The van der Waals surface area contributed by atoms with E-state index in [1.165, 1.54) is 12.1 Å². The average molecular weight is 205 g/mol. The van der Waals surface area contributed by atoms with Crippen LogP contribution < -0.4 is 0 Å². The fourth-order valence-corrected chi connectivity index (χ4v) is 1.64. The van der Waals surface area contributed by atoms with Crippen LogP contribution in [0.2, 0.25) is 0 Å². The maximum absolute atomic E-state index is 12.9. The molecule has 2 rings (SSSR count). The van der Waals surface area contributed by atoms with Gasteiger partial charge in [0.15, 0.2) is 0 Å². The van der Waals surface area contributed by atoms with Gasteiger partial charge in [-0.3, -0.25) is 4.79 Å². The molecule has 1 aromatic heterocycles. The van der Waals surface area contributed by atoms with E-state index in [0.29, 0.717) is 13.0 Å². The first-order valence-corrected chi connectivity index (χ1v) is 4.90. The second kappa shape index (κ2) is 3.85. The molecule has 78 valence electrons. The van der Waals surface area contributed by atoms with Gasteiger partial charge in [-0.2, -0.15) is 0 Å². The SMILES string of the molecule is CC(=O)CCn1ccc2cc(F)ccc21. The van der Waals surface area contributed by atoms with E-state index in [1.54, 1.807) is 13.0 Å². The van der Waals surface area contributed by atoms with Crippen molar-refractivity contribution in [2.24, 2.45) is 0 Å². The number of hydrogen-bond acceptors (Lipinski definition) is 1. The van der Waals surface area contributed by atoms with E-state index in [2.05, 4.69) is 0 Å². The van der Waals surface area contributed by atoms with Crippen molar-refractivity contribution in [3.63, 3.8) is 0 Å². The molecule has 0 bridgehead atoms. The number of ketones is 1. The van der Waals surface area contributed by atoms with Crippen molar-refractivity contribution in [3.8, 4) is 0 Å². The van der Waals surface area contributed by atoms with Gasteiger partial charge in [-0.15, -0.1) is 0 Å². The van der Waals surface area contributed by atoms with Crippen LogP contribution in [0.5, 0.6) is 0 Å². The molecule has 0 spiro atoms. The molecular formula is C12H12FNO. The first-order valence-electron chi connectivity index (χ1n) is 4.90. The molecule has 0 aliphatic rings. The van der Waals surface area contributed by atoms with Gasteiger partial charge in [0.1, 0.15) is 11.6 Å². The number of carbonyl (C=O) groups excluding carboxylic acids is 1. The number of halogens is 1. The number of carbonyl (C=O) groups is 1. The number of Topliss-reactive ketones (excluding diaryl/α,β-unsaturated/α-hetero) is 1. The summed E-state index contributed by atoms with van der Waals surface area (Å²) in [5.41, 5.74) is 0.970. The van der Waals surface area contributed by atoms with E-state index in [0.717, 1.165) is 10.9 Å². The van der Waals surface area contributed by atoms with Gasteiger partial charge >= 0.3 is 0 Å². The fourth-order valence-electron chi connectivity index (χ4n) is 1.64. The number of benzene rings is 1. The summed E-state index contributed by atoms with van der Waals surface area (Å²) in [6.07, 6.45) is 2.40. The van der Waals surface area contributed by atoms with Gasteiger partial charge in [0, 0.05) is 30.1 Å². The third kappa shape index (κ3) is 2.06. The van der Waals surface area contributed by atoms with Crippen LogP contribution in [0.4, 0.5) is 4.39 Å². The van der Waals surface area contributed by atoms with Gasteiger partial charge in [0.25, 0.3) is 0 Å². The summed E-state index contributed by atoms with van der Waals surface area (Å²) in [4.78, 5) is 10.9. The molecule has 1 aromatic carbocycles. The van der Waals surface area contributed by atoms with Crippen molar-refractivity contribution >= 4 is 16.7 Å². The van der Waals surface area contributed by atoms with Crippen LogP contribution in [0.1, 0.15) is 13.3 Å². The summed E-state index contributed by atoms with van der Waals surface area (Å²) in [5, 5.41) is 0.874. The highest BCUT2D eigenvalue weighted by Gasteiger charge is 2.02. The molecule has 0 aliphatic heterocycles. The number of fused-ring (bicyclic) bond motifs is 1. The maximum Gasteiger partial charge on any atom is 0.131 e. The molecule has 0 saturated heterocycles. The zero-order chi connectivity index (χ0) is 10.8. The smallest absolute Gasteiger partial charge is 0.131 e.